The van der Waals surface area contributed by atoms with Crippen molar-refractivity contribution in [2.24, 2.45) is 20.0 Å². The van der Waals surface area contributed by atoms with Gasteiger partial charge in [0.1, 0.15) is 0 Å². The van der Waals surface area contributed by atoms with Crippen LogP contribution in [0.4, 0.5) is 0 Å². The zero-order chi connectivity index (χ0) is 18.0. The number of hydrogen-bond acceptors (Lipinski definition) is 5. The van der Waals surface area contributed by atoms with Gasteiger partial charge in [0.15, 0.2) is 11.2 Å². The molecule has 3 heterocycles. The molecule has 1 fully saturated rings. The van der Waals surface area contributed by atoms with Crippen LogP contribution in [0, 0.1) is 5.92 Å². The third kappa shape index (κ3) is 4.02. The molecule has 1 N–H and O–H groups in total. The van der Waals surface area contributed by atoms with E-state index in [4.69, 9.17) is 0 Å². The van der Waals surface area contributed by atoms with Crippen molar-refractivity contribution < 1.29 is 0 Å². The zero-order valence-electron chi connectivity index (χ0n) is 15.8. The summed E-state index contributed by atoms with van der Waals surface area (Å²) in [7, 11) is 5.17. The van der Waals surface area contributed by atoms with Crippen molar-refractivity contribution in [1.29, 1.82) is 0 Å². The lowest BCUT2D eigenvalue weighted by atomic mass is 9.93. The van der Waals surface area contributed by atoms with E-state index >= 15 is 0 Å². The molecule has 1 saturated heterocycles. The van der Waals surface area contributed by atoms with E-state index in [1.165, 1.54) is 30.9 Å². The van der Waals surface area contributed by atoms with Crippen molar-refractivity contribution in [3.8, 4) is 0 Å². The van der Waals surface area contributed by atoms with Gasteiger partial charge in [-0.25, -0.2) is 9.78 Å². The Bertz CT molecular complexity index is 847. The highest BCUT2D eigenvalue weighted by molar-refractivity contribution is 5.85. The normalized spacial score (nSPS) is 16.1. The van der Waals surface area contributed by atoms with E-state index in [1.807, 2.05) is 11.6 Å². The minimum atomic E-state index is -0.341. The predicted molar refractivity (Wildman–Crippen MR) is 105 cm³/mol. The largest absolute Gasteiger partial charge is 0.332 e. The second-order valence-electron chi connectivity index (χ2n) is 6.99. The Labute approximate surface area is 159 Å². The lowest BCUT2D eigenvalue weighted by Gasteiger charge is -2.32. The second kappa shape index (κ2) is 8.83. The number of likely N-dealkylation sites (tertiary alicyclic amines) is 1. The number of aryl methyl sites for hydroxylation is 1. The first-order valence-electron chi connectivity index (χ1n) is 9.00. The molecule has 0 bridgehead atoms. The molecule has 0 amide bonds. The van der Waals surface area contributed by atoms with Crippen molar-refractivity contribution >= 4 is 23.6 Å². The Morgan fingerprint density at radius 1 is 1.15 bits per heavy atom. The van der Waals surface area contributed by atoms with Gasteiger partial charge < -0.3 is 14.8 Å². The fourth-order valence-electron chi connectivity index (χ4n) is 3.66. The minimum absolute atomic E-state index is 0. The van der Waals surface area contributed by atoms with Gasteiger partial charge in [-0.2, -0.15) is 0 Å². The van der Waals surface area contributed by atoms with Gasteiger partial charge in [0.25, 0.3) is 5.56 Å². The van der Waals surface area contributed by atoms with E-state index in [9.17, 15) is 9.59 Å². The summed E-state index contributed by atoms with van der Waals surface area (Å²) in [5.41, 5.74) is 0.347. The molecular formula is C17H29ClN6O2. The maximum Gasteiger partial charge on any atom is 0.332 e. The Morgan fingerprint density at radius 2 is 1.85 bits per heavy atom. The molecule has 0 spiro atoms. The molecule has 0 aliphatic carbocycles. The molecule has 0 radical (unpaired) electrons. The van der Waals surface area contributed by atoms with Crippen LogP contribution in [0.15, 0.2) is 15.9 Å². The van der Waals surface area contributed by atoms with Gasteiger partial charge in [-0.05, 0) is 51.9 Å². The van der Waals surface area contributed by atoms with Crippen LogP contribution in [0.5, 0.6) is 0 Å². The smallest absolute Gasteiger partial charge is 0.323 e. The molecule has 3 rings (SSSR count). The average Bonchev–Trinajstić information content (AvgIpc) is 3.06. The first-order valence-corrected chi connectivity index (χ1v) is 9.00. The van der Waals surface area contributed by atoms with Gasteiger partial charge in [-0.15, -0.1) is 12.4 Å². The van der Waals surface area contributed by atoms with Gasteiger partial charge in [0.05, 0.1) is 6.33 Å². The number of halogens is 1. The third-order valence-corrected chi connectivity index (χ3v) is 5.38. The summed E-state index contributed by atoms with van der Waals surface area (Å²) in [6.07, 6.45) is 5.40. The van der Waals surface area contributed by atoms with Crippen LogP contribution >= 0.6 is 12.4 Å². The fraction of sp³-hybridized carbons (Fsp3) is 0.706. The van der Waals surface area contributed by atoms with E-state index in [-0.39, 0.29) is 23.7 Å². The van der Waals surface area contributed by atoms with E-state index in [0.29, 0.717) is 17.7 Å². The van der Waals surface area contributed by atoms with Crippen LogP contribution in [0.1, 0.15) is 19.3 Å². The Hall–Kier alpha value is -1.64. The summed E-state index contributed by atoms with van der Waals surface area (Å²) in [6.45, 7) is 4.92. The molecule has 146 valence electrons. The molecule has 26 heavy (non-hydrogen) atoms. The molecule has 0 atom stereocenters. The van der Waals surface area contributed by atoms with Crippen molar-refractivity contribution in [2.45, 2.75) is 25.8 Å². The molecule has 2 aromatic rings. The molecule has 0 aromatic carbocycles. The lowest BCUT2D eigenvalue weighted by Crippen LogP contribution is -2.38. The van der Waals surface area contributed by atoms with E-state index in [0.717, 1.165) is 36.7 Å². The molecule has 1 aliphatic heterocycles. The number of nitrogens with one attached hydrogen (secondary N) is 1. The summed E-state index contributed by atoms with van der Waals surface area (Å²) in [5, 5.41) is 3.23. The van der Waals surface area contributed by atoms with Crippen molar-refractivity contribution in [3.63, 3.8) is 0 Å². The number of piperidine rings is 1. The number of rotatable bonds is 6. The van der Waals surface area contributed by atoms with Crippen LogP contribution in [0.3, 0.4) is 0 Å². The van der Waals surface area contributed by atoms with Gasteiger partial charge in [0, 0.05) is 27.2 Å². The standard InChI is InChI=1S/C17H28N6O2.ClH/c1-18-7-4-13-5-8-22(9-6-13)10-11-23-12-19-15-14(23)16(24)21(3)17(25)20(15)2;/h12-13,18H,4-11H2,1-3H3;1H. The summed E-state index contributed by atoms with van der Waals surface area (Å²) in [6, 6.07) is 0. The maximum atomic E-state index is 12.4. The van der Waals surface area contributed by atoms with Gasteiger partial charge in [0.2, 0.25) is 0 Å². The third-order valence-electron chi connectivity index (χ3n) is 5.38. The average molecular weight is 385 g/mol. The molecular weight excluding hydrogens is 356 g/mol. The molecule has 2 aromatic heterocycles. The van der Waals surface area contributed by atoms with Crippen LogP contribution in [-0.4, -0.2) is 56.8 Å². The number of hydrogen-bond donors (Lipinski definition) is 1. The summed E-state index contributed by atoms with van der Waals surface area (Å²) in [5.74, 6) is 0.819. The van der Waals surface area contributed by atoms with E-state index in [2.05, 4.69) is 15.2 Å². The molecule has 1 aliphatic rings. The monoisotopic (exact) mass is 384 g/mol. The molecule has 0 saturated carbocycles. The first-order chi connectivity index (χ1) is 12.0. The number of nitrogens with zero attached hydrogens (tertiary/aromatic N) is 5. The number of imidazole rings is 1. The lowest BCUT2D eigenvalue weighted by molar-refractivity contribution is 0.174. The van der Waals surface area contributed by atoms with Crippen LogP contribution in [-0.2, 0) is 20.6 Å². The first kappa shape index (κ1) is 20.7. The highest BCUT2D eigenvalue weighted by Crippen LogP contribution is 2.20. The molecule has 0 unspecified atom stereocenters. The van der Waals surface area contributed by atoms with Crippen molar-refractivity contribution in [1.82, 2.24) is 28.9 Å². The highest BCUT2D eigenvalue weighted by Gasteiger charge is 2.19. The van der Waals surface area contributed by atoms with Gasteiger partial charge >= 0.3 is 5.69 Å². The minimum Gasteiger partial charge on any atom is -0.323 e. The van der Waals surface area contributed by atoms with Crippen molar-refractivity contribution in [2.75, 3.05) is 33.2 Å². The van der Waals surface area contributed by atoms with Crippen molar-refractivity contribution in [3.05, 3.63) is 27.2 Å². The quantitative estimate of drug-likeness (QED) is 0.768. The van der Waals surface area contributed by atoms with Crippen LogP contribution in [0.25, 0.3) is 11.2 Å². The second-order valence-corrected chi connectivity index (χ2v) is 6.99. The summed E-state index contributed by atoms with van der Waals surface area (Å²) < 4.78 is 4.46. The van der Waals surface area contributed by atoms with E-state index < -0.39 is 0 Å². The predicted octanol–water partition coefficient (Wildman–Crippen LogP) is 0.177. The Morgan fingerprint density at radius 3 is 2.50 bits per heavy atom. The Kier molecular flexibility index (Phi) is 7.02. The van der Waals surface area contributed by atoms with E-state index in [1.54, 1.807) is 13.4 Å². The Balaban J connectivity index is 0.00000243. The fourth-order valence-corrected chi connectivity index (χ4v) is 3.66. The SMILES string of the molecule is CNCCC1CCN(CCn2cnc3c2c(=O)n(C)c(=O)n3C)CC1.Cl. The zero-order valence-corrected chi connectivity index (χ0v) is 16.6. The maximum absolute atomic E-state index is 12.4. The van der Waals surface area contributed by atoms with Gasteiger partial charge in [-0.1, -0.05) is 0 Å². The summed E-state index contributed by atoms with van der Waals surface area (Å²) in [4.78, 5) is 31.2. The topological polar surface area (TPSA) is 77.1 Å². The molecule has 9 heteroatoms. The van der Waals surface area contributed by atoms with Crippen LogP contribution in [0.2, 0.25) is 0 Å². The molecule has 8 nitrogen and oxygen atoms in total. The number of fused-ring (bicyclic) bond motifs is 1. The van der Waals surface area contributed by atoms with Crippen LogP contribution < -0.4 is 16.6 Å². The number of aromatic nitrogens is 4. The summed E-state index contributed by atoms with van der Waals surface area (Å²) >= 11 is 0. The highest BCUT2D eigenvalue weighted by atomic mass is 35.5. The van der Waals surface area contributed by atoms with Gasteiger partial charge in [-0.3, -0.25) is 13.9 Å².